The number of allylic oxidation sites excluding steroid dienone is 4. The summed E-state index contributed by atoms with van der Waals surface area (Å²) in [6.45, 7) is 8.01. The van der Waals surface area contributed by atoms with Crippen molar-refractivity contribution in [2.45, 2.75) is 26.7 Å². The normalized spacial score (nSPS) is 17.2. The van der Waals surface area contributed by atoms with Crippen molar-refractivity contribution in [1.82, 2.24) is 0 Å². The van der Waals surface area contributed by atoms with Gasteiger partial charge in [-0.3, -0.25) is 4.79 Å². The number of hydrogen-bond donors (Lipinski definition) is 0. The van der Waals surface area contributed by atoms with Gasteiger partial charge in [0, 0.05) is 0 Å². The van der Waals surface area contributed by atoms with Gasteiger partial charge in [-0.2, -0.15) is 0 Å². The van der Waals surface area contributed by atoms with Crippen molar-refractivity contribution in [1.29, 1.82) is 0 Å². The first kappa shape index (κ1) is 13.3. The van der Waals surface area contributed by atoms with Gasteiger partial charge in [-0.1, -0.05) is 43.1 Å². The summed E-state index contributed by atoms with van der Waals surface area (Å²) in [5, 5.41) is 0.458. The van der Waals surface area contributed by atoms with Crippen LogP contribution in [0.5, 0.6) is 0 Å². The van der Waals surface area contributed by atoms with Gasteiger partial charge in [-0.05, 0) is 24.5 Å². The average molecular weight is 261 g/mol. The maximum Gasteiger partial charge on any atom is 0.240 e. The number of Topliss-reactive ketones (excluding diaryl/α,β-unsaturated/α-hetero) is 1. The third kappa shape index (κ3) is 2.33. The van der Waals surface area contributed by atoms with E-state index in [2.05, 4.69) is 6.58 Å². The molecule has 0 aromatic carbocycles. The Bertz CT molecular complexity index is 354. The van der Waals surface area contributed by atoms with Gasteiger partial charge < -0.3 is 4.74 Å². The van der Waals surface area contributed by atoms with Crippen LogP contribution in [-0.2, 0) is 9.53 Å². The largest absolute Gasteiger partial charge is 0.488 e. The second-order valence-electron chi connectivity index (χ2n) is 3.43. The van der Waals surface area contributed by atoms with Crippen LogP contribution in [0.2, 0.25) is 0 Å². The third-order valence-electron chi connectivity index (χ3n) is 2.29. The minimum absolute atomic E-state index is 0.110. The summed E-state index contributed by atoms with van der Waals surface area (Å²) < 4.78 is 5.19. The summed E-state index contributed by atoms with van der Waals surface area (Å²) in [4.78, 5) is 11.9. The van der Waals surface area contributed by atoms with E-state index in [1.54, 1.807) is 6.92 Å². The summed E-state index contributed by atoms with van der Waals surface area (Å²) in [6.07, 6.45) is 1.57. The molecule has 0 saturated heterocycles. The van der Waals surface area contributed by atoms with E-state index >= 15 is 0 Å². The molecule has 4 heteroatoms. The second kappa shape index (κ2) is 5.55. The fourth-order valence-corrected chi connectivity index (χ4v) is 2.07. The Morgan fingerprint density at radius 1 is 1.25 bits per heavy atom. The first-order valence-corrected chi connectivity index (χ1v) is 5.95. The highest BCUT2D eigenvalue weighted by molar-refractivity contribution is 6.48. The molecule has 0 atom stereocenters. The molecule has 0 N–H and O–H groups in total. The fraction of sp³-hybridized carbons (Fsp3) is 0.417. The van der Waals surface area contributed by atoms with Gasteiger partial charge in [-0.25, -0.2) is 0 Å². The number of ketones is 1. The van der Waals surface area contributed by atoms with Gasteiger partial charge in [0.25, 0.3) is 0 Å². The Balaban J connectivity index is 3.15. The van der Waals surface area contributed by atoms with Crippen LogP contribution in [0, 0.1) is 0 Å². The zero-order chi connectivity index (χ0) is 12.3. The van der Waals surface area contributed by atoms with Gasteiger partial charge in [-0.15, -0.1) is 0 Å². The molecule has 1 rings (SSSR count). The topological polar surface area (TPSA) is 26.3 Å². The van der Waals surface area contributed by atoms with Crippen LogP contribution in [0.15, 0.2) is 33.5 Å². The summed E-state index contributed by atoms with van der Waals surface area (Å²) in [6, 6.07) is 0. The van der Waals surface area contributed by atoms with E-state index in [1.807, 2.05) is 6.92 Å². The SMILES string of the molecule is C=C1C(Cl)=C(OCC)C(=O)C(Cl)=C1CCC. The Morgan fingerprint density at radius 3 is 2.38 bits per heavy atom. The molecule has 0 spiro atoms. The maximum atomic E-state index is 11.9. The molecule has 0 bridgehead atoms. The molecule has 0 heterocycles. The molecule has 88 valence electrons. The first-order chi connectivity index (χ1) is 7.54. The number of halogens is 2. The zero-order valence-corrected chi connectivity index (χ0v) is 10.9. The van der Waals surface area contributed by atoms with Crippen molar-refractivity contribution in [3.05, 3.63) is 33.5 Å². The van der Waals surface area contributed by atoms with Crippen molar-refractivity contribution in [2.24, 2.45) is 0 Å². The summed E-state index contributed by atoms with van der Waals surface area (Å²) >= 11 is 12.0. The molecule has 16 heavy (non-hydrogen) atoms. The average Bonchev–Trinajstić information content (AvgIpc) is 2.28. The number of carbonyl (C=O) groups excluding carboxylic acids is 1. The number of rotatable bonds is 4. The van der Waals surface area contributed by atoms with E-state index < -0.39 is 0 Å². The predicted octanol–water partition coefficient (Wildman–Crippen LogP) is 3.91. The van der Waals surface area contributed by atoms with E-state index in [1.165, 1.54) is 0 Å². The highest BCUT2D eigenvalue weighted by atomic mass is 35.5. The van der Waals surface area contributed by atoms with Crippen molar-refractivity contribution >= 4 is 29.0 Å². The third-order valence-corrected chi connectivity index (χ3v) is 3.09. The standard InChI is InChI=1S/C12H14Cl2O2/c1-4-6-8-7(3)9(13)12(16-5-2)11(15)10(8)14/h3-6H2,1-2H3. The second-order valence-corrected chi connectivity index (χ2v) is 4.18. The Morgan fingerprint density at radius 2 is 1.88 bits per heavy atom. The molecule has 0 amide bonds. The van der Waals surface area contributed by atoms with Crippen LogP contribution in [0.1, 0.15) is 26.7 Å². The monoisotopic (exact) mass is 260 g/mol. The molecule has 0 radical (unpaired) electrons. The number of carbonyl (C=O) groups is 1. The first-order valence-electron chi connectivity index (χ1n) is 5.20. The predicted molar refractivity (Wildman–Crippen MR) is 66.4 cm³/mol. The lowest BCUT2D eigenvalue weighted by Crippen LogP contribution is -2.16. The van der Waals surface area contributed by atoms with Crippen molar-refractivity contribution in [3.63, 3.8) is 0 Å². The summed E-state index contributed by atoms with van der Waals surface area (Å²) in [5.41, 5.74) is 1.32. The molecule has 0 aliphatic heterocycles. The van der Waals surface area contributed by atoms with E-state index in [4.69, 9.17) is 27.9 Å². The lowest BCUT2D eigenvalue weighted by atomic mass is 9.95. The van der Waals surface area contributed by atoms with Crippen LogP contribution >= 0.6 is 23.2 Å². The van der Waals surface area contributed by atoms with Crippen LogP contribution < -0.4 is 0 Å². The van der Waals surface area contributed by atoms with E-state index in [9.17, 15) is 4.79 Å². The number of hydrogen-bond acceptors (Lipinski definition) is 2. The van der Waals surface area contributed by atoms with Crippen molar-refractivity contribution in [3.8, 4) is 0 Å². The minimum atomic E-state index is -0.343. The Labute approximate surface area is 106 Å². The fourth-order valence-electron chi connectivity index (χ4n) is 1.52. The minimum Gasteiger partial charge on any atom is -0.488 e. The Kier molecular flexibility index (Phi) is 4.63. The molecule has 0 fully saturated rings. The van der Waals surface area contributed by atoms with E-state index in [0.29, 0.717) is 18.6 Å². The smallest absolute Gasteiger partial charge is 0.240 e. The summed E-state index contributed by atoms with van der Waals surface area (Å²) in [5.74, 6) is -0.233. The Hall–Kier alpha value is -0.730. The molecule has 0 aromatic heterocycles. The molecule has 2 nitrogen and oxygen atoms in total. The lowest BCUT2D eigenvalue weighted by molar-refractivity contribution is -0.115. The molecule has 0 saturated carbocycles. The van der Waals surface area contributed by atoms with Gasteiger partial charge in [0.05, 0.1) is 16.7 Å². The van der Waals surface area contributed by atoms with E-state index in [-0.39, 0.29) is 21.6 Å². The van der Waals surface area contributed by atoms with Crippen LogP contribution in [0.3, 0.4) is 0 Å². The summed E-state index contributed by atoms with van der Waals surface area (Å²) in [7, 11) is 0. The number of ether oxygens (including phenoxy) is 1. The van der Waals surface area contributed by atoms with Gasteiger partial charge in [0.15, 0.2) is 5.76 Å². The molecule has 0 unspecified atom stereocenters. The molecule has 1 aliphatic carbocycles. The zero-order valence-electron chi connectivity index (χ0n) is 9.40. The highest BCUT2D eigenvalue weighted by Gasteiger charge is 2.30. The van der Waals surface area contributed by atoms with Crippen LogP contribution in [0.4, 0.5) is 0 Å². The molecular weight excluding hydrogens is 247 g/mol. The van der Waals surface area contributed by atoms with Crippen molar-refractivity contribution < 1.29 is 9.53 Å². The highest BCUT2D eigenvalue weighted by Crippen LogP contribution is 2.37. The van der Waals surface area contributed by atoms with E-state index in [0.717, 1.165) is 12.0 Å². The quantitative estimate of drug-likeness (QED) is 0.767. The lowest BCUT2D eigenvalue weighted by Gasteiger charge is -2.20. The molecule has 0 aromatic rings. The van der Waals surface area contributed by atoms with Crippen LogP contribution in [0.25, 0.3) is 0 Å². The molecular formula is C12H14Cl2O2. The van der Waals surface area contributed by atoms with Gasteiger partial charge in [0.2, 0.25) is 5.78 Å². The van der Waals surface area contributed by atoms with Crippen molar-refractivity contribution in [2.75, 3.05) is 6.61 Å². The van der Waals surface area contributed by atoms with Gasteiger partial charge in [0.1, 0.15) is 0 Å². The van der Waals surface area contributed by atoms with Crippen LogP contribution in [-0.4, -0.2) is 12.4 Å². The van der Waals surface area contributed by atoms with Gasteiger partial charge >= 0.3 is 0 Å². The molecule has 1 aliphatic rings. The maximum absolute atomic E-state index is 11.9.